The summed E-state index contributed by atoms with van der Waals surface area (Å²) in [7, 11) is -4.12. The van der Waals surface area contributed by atoms with E-state index in [4.69, 9.17) is 9.47 Å². The van der Waals surface area contributed by atoms with E-state index >= 15 is 0 Å². The lowest BCUT2D eigenvalue weighted by atomic mass is 10.2. The first-order valence-corrected chi connectivity index (χ1v) is 13.8. The topological polar surface area (TPSA) is 119 Å². The molecule has 11 heteroatoms. The predicted molar refractivity (Wildman–Crippen MR) is 123 cm³/mol. The van der Waals surface area contributed by atoms with Crippen LogP contribution in [0.2, 0.25) is 0 Å². The predicted octanol–water partition coefficient (Wildman–Crippen LogP) is 2.08. The maximum absolute atomic E-state index is 12.8. The Labute approximate surface area is 194 Å². The molecule has 1 aliphatic carbocycles. The van der Waals surface area contributed by atoms with Gasteiger partial charge in [-0.1, -0.05) is 6.07 Å². The van der Waals surface area contributed by atoms with E-state index < -0.39 is 19.9 Å². The summed E-state index contributed by atoms with van der Waals surface area (Å²) < 4.78 is 62.0. The van der Waals surface area contributed by atoms with Gasteiger partial charge in [-0.05, 0) is 55.7 Å². The molecular weight excluding hydrogens is 468 g/mol. The van der Waals surface area contributed by atoms with E-state index in [0.717, 1.165) is 19.1 Å². The van der Waals surface area contributed by atoms with E-state index in [-0.39, 0.29) is 39.7 Å². The second-order valence-electron chi connectivity index (χ2n) is 7.94. The molecule has 180 valence electrons. The minimum absolute atomic E-state index is 0.0646. The third-order valence-corrected chi connectivity index (χ3v) is 7.74. The summed E-state index contributed by atoms with van der Waals surface area (Å²) >= 11 is 0. The van der Waals surface area contributed by atoms with E-state index in [0.29, 0.717) is 18.7 Å². The number of nitrogens with zero attached hydrogens (tertiary/aromatic N) is 1. The van der Waals surface area contributed by atoms with Crippen molar-refractivity contribution in [2.45, 2.75) is 35.1 Å². The standard InChI is InChI=1S/C22H28N2O7S2/c1-24(12-5-13-31-18-6-4-7-19(15-18)32(3,26)27)22(25)16-8-11-20(30-2)21(14-16)33(28,29)23-17-9-10-17/h4,6-8,11,14-15,17,23H,5,9-10,12-13H2,1-3H3. The quantitative estimate of drug-likeness (QED) is 0.473. The number of benzene rings is 2. The summed E-state index contributed by atoms with van der Waals surface area (Å²) in [4.78, 5) is 14.4. The van der Waals surface area contributed by atoms with Gasteiger partial charge in [0.1, 0.15) is 16.4 Å². The molecule has 0 aliphatic heterocycles. The molecule has 3 rings (SSSR count). The highest BCUT2D eigenvalue weighted by atomic mass is 32.2. The molecule has 0 radical (unpaired) electrons. The van der Waals surface area contributed by atoms with Crippen molar-refractivity contribution >= 4 is 25.8 Å². The number of sulfonamides is 1. The van der Waals surface area contributed by atoms with Crippen molar-refractivity contribution in [3.05, 3.63) is 48.0 Å². The smallest absolute Gasteiger partial charge is 0.253 e. The lowest BCUT2D eigenvalue weighted by molar-refractivity contribution is 0.0787. The fraction of sp³-hybridized carbons (Fsp3) is 0.409. The Balaban J connectivity index is 1.60. The zero-order valence-electron chi connectivity index (χ0n) is 18.8. The van der Waals surface area contributed by atoms with Crippen LogP contribution in [0.3, 0.4) is 0 Å². The Hall–Kier alpha value is -2.63. The largest absolute Gasteiger partial charge is 0.495 e. The Morgan fingerprint density at radius 2 is 1.85 bits per heavy atom. The molecule has 2 aromatic carbocycles. The lowest BCUT2D eigenvalue weighted by Crippen LogP contribution is -2.30. The number of sulfone groups is 1. The van der Waals surface area contributed by atoms with Crippen molar-refractivity contribution in [1.29, 1.82) is 0 Å². The number of nitrogens with one attached hydrogen (secondary N) is 1. The van der Waals surface area contributed by atoms with Crippen LogP contribution in [0.5, 0.6) is 11.5 Å². The van der Waals surface area contributed by atoms with Crippen LogP contribution in [-0.2, 0) is 19.9 Å². The van der Waals surface area contributed by atoms with Crippen molar-refractivity contribution in [2.24, 2.45) is 0 Å². The number of rotatable bonds is 11. The first-order valence-electron chi connectivity index (χ1n) is 10.4. The van der Waals surface area contributed by atoms with E-state index in [1.54, 1.807) is 19.2 Å². The highest BCUT2D eigenvalue weighted by Gasteiger charge is 2.30. The Morgan fingerprint density at radius 3 is 2.48 bits per heavy atom. The van der Waals surface area contributed by atoms with Gasteiger partial charge in [-0.15, -0.1) is 0 Å². The van der Waals surface area contributed by atoms with Gasteiger partial charge in [0.2, 0.25) is 10.0 Å². The second-order valence-corrected chi connectivity index (χ2v) is 11.6. The molecule has 1 fully saturated rings. The molecule has 0 atom stereocenters. The Kier molecular flexibility index (Phi) is 7.65. The number of hydrogen-bond acceptors (Lipinski definition) is 7. The molecule has 2 aromatic rings. The monoisotopic (exact) mass is 496 g/mol. The SMILES string of the molecule is COc1ccc(C(=O)N(C)CCCOc2cccc(S(C)(=O)=O)c2)cc1S(=O)(=O)NC1CC1. The number of carbonyl (C=O) groups is 1. The summed E-state index contributed by atoms with van der Waals surface area (Å²) in [5, 5.41) is 0. The first-order chi connectivity index (χ1) is 15.5. The first kappa shape index (κ1) is 25.0. The van der Waals surface area contributed by atoms with Gasteiger partial charge >= 0.3 is 0 Å². The minimum atomic E-state index is -3.80. The van der Waals surface area contributed by atoms with Gasteiger partial charge in [-0.3, -0.25) is 4.79 Å². The maximum atomic E-state index is 12.8. The van der Waals surface area contributed by atoms with Crippen molar-refractivity contribution in [3.63, 3.8) is 0 Å². The number of methoxy groups -OCH3 is 1. The zero-order chi connectivity index (χ0) is 24.2. The van der Waals surface area contributed by atoms with Gasteiger partial charge in [-0.2, -0.15) is 0 Å². The zero-order valence-corrected chi connectivity index (χ0v) is 20.4. The van der Waals surface area contributed by atoms with E-state index in [9.17, 15) is 21.6 Å². The van der Waals surface area contributed by atoms with Gasteiger partial charge in [0.15, 0.2) is 9.84 Å². The van der Waals surface area contributed by atoms with Crippen LogP contribution in [0, 0.1) is 0 Å². The van der Waals surface area contributed by atoms with Crippen molar-refractivity contribution < 1.29 is 31.1 Å². The molecule has 0 aromatic heterocycles. The van der Waals surface area contributed by atoms with Crippen LogP contribution < -0.4 is 14.2 Å². The highest BCUT2D eigenvalue weighted by molar-refractivity contribution is 7.90. The van der Waals surface area contributed by atoms with E-state index in [1.807, 2.05) is 0 Å². The van der Waals surface area contributed by atoms with Crippen LogP contribution in [0.1, 0.15) is 29.6 Å². The maximum Gasteiger partial charge on any atom is 0.253 e. The minimum Gasteiger partial charge on any atom is -0.495 e. The fourth-order valence-corrected chi connectivity index (χ4v) is 5.27. The molecule has 0 heterocycles. The van der Waals surface area contributed by atoms with E-state index in [2.05, 4.69) is 4.72 Å². The number of amides is 1. The third kappa shape index (κ3) is 6.68. The molecule has 0 unspecified atom stereocenters. The molecule has 1 N–H and O–H groups in total. The van der Waals surface area contributed by atoms with Crippen LogP contribution in [-0.4, -0.2) is 67.2 Å². The molecule has 33 heavy (non-hydrogen) atoms. The van der Waals surface area contributed by atoms with Gasteiger partial charge in [-0.25, -0.2) is 21.6 Å². The van der Waals surface area contributed by atoms with Gasteiger partial charge in [0.05, 0.1) is 18.6 Å². The average molecular weight is 497 g/mol. The van der Waals surface area contributed by atoms with Crippen LogP contribution in [0.4, 0.5) is 0 Å². The highest BCUT2D eigenvalue weighted by Crippen LogP contribution is 2.28. The average Bonchev–Trinajstić information content (AvgIpc) is 3.58. The number of carbonyl (C=O) groups excluding carboxylic acids is 1. The second kappa shape index (κ2) is 10.1. The number of hydrogen-bond donors (Lipinski definition) is 1. The van der Waals surface area contributed by atoms with Crippen molar-refractivity contribution in [3.8, 4) is 11.5 Å². The Bertz CT molecular complexity index is 1220. The summed E-state index contributed by atoms with van der Waals surface area (Å²) in [6.45, 7) is 0.636. The summed E-state index contributed by atoms with van der Waals surface area (Å²) in [6.07, 6.45) is 3.22. The molecule has 1 amide bonds. The molecule has 0 bridgehead atoms. The normalized spacial score (nSPS) is 14.0. The molecule has 1 aliphatic rings. The molecule has 0 saturated heterocycles. The number of ether oxygens (including phenoxy) is 2. The van der Waals surface area contributed by atoms with Crippen LogP contribution >= 0.6 is 0 Å². The van der Waals surface area contributed by atoms with Crippen LogP contribution in [0.15, 0.2) is 52.3 Å². The van der Waals surface area contributed by atoms with Gasteiger partial charge in [0, 0.05) is 31.5 Å². The van der Waals surface area contributed by atoms with E-state index in [1.165, 1.54) is 42.3 Å². The lowest BCUT2D eigenvalue weighted by Gasteiger charge is -2.18. The molecular formula is C22H28N2O7S2. The fourth-order valence-electron chi connectivity index (χ4n) is 3.11. The summed E-state index contributed by atoms with van der Waals surface area (Å²) in [6, 6.07) is 10.5. The van der Waals surface area contributed by atoms with Gasteiger partial charge in [0.25, 0.3) is 5.91 Å². The van der Waals surface area contributed by atoms with Gasteiger partial charge < -0.3 is 14.4 Å². The molecule has 1 saturated carbocycles. The summed E-state index contributed by atoms with van der Waals surface area (Å²) in [5.74, 6) is 0.270. The molecule has 0 spiro atoms. The van der Waals surface area contributed by atoms with Crippen LogP contribution in [0.25, 0.3) is 0 Å². The third-order valence-electron chi connectivity index (χ3n) is 5.09. The molecule has 9 nitrogen and oxygen atoms in total. The summed E-state index contributed by atoms with van der Waals surface area (Å²) in [5.41, 5.74) is 0.233. The van der Waals surface area contributed by atoms with Crippen molar-refractivity contribution in [2.75, 3.05) is 33.6 Å². The van der Waals surface area contributed by atoms with Crippen molar-refractivity contribution in [1.82, 2.24) is 9.62 Å². The Morgan fingerprint density at radius 1 is 1.12 bits per heavy atom.